The van der Waals surface area contributed by atoms with Crippen LogP contribution in [0.25, 0.3) is 6.08 Å². The van der Waals surface area contributed by atoms with Crippen molar-refractivity contribution in [2.24, 2.45) is 0 Å². The molecule has 0 unspecified atom stereocenters. The lowest BCUT2D eigenvalue weighted by atomic mass is 10.1. The minimum absolute atomic E-state index is 0.0629. The number of thiocarbonyl (C=S) groups is 1. The molecular weight excluding hydrogens is 356 g/mol. The van der Waals surface area contributed by atoms with Crippen LogP contribution in [0.3, 0.4) is 0 Å². The minimum atomic E-state index is -0.0629. The van der Waals surface area contributed by atoms with Crippen LogP contribution < -0.4 is 14.8 Å². The average molecular weight is 367 g/mol. The maximum Gasteiger partial charge on any atom is 0.276 e. The first-order chi connectivity index (χ1) is 10.1. The first-order valence-corrected chi connectivity index (χ1v) is 7.79. The quantitative estimate of drug-likeness (QED) is 0.643. The fourth-order valence-corrected chi connectivity index (χ4v) is 3.19. The summed E-state index contributed by atoms with van der Waals surface area (Å²) >= 11 is 8.72. The molecule has 1 saturated heterocycles. The second-order valence-electron chi connectivity index (χ2n) is 5.12. The van der Waals surface area contributed by atoms with E-state index in [1.54, 1.807) is 11.0 Å². The van der Waals surface area contributed by atoms with Crippen molar-refractivity contribution in [3.8, 4) is 11.5 Å². The fourth-order valence-electron chi connectivity index (χ4n) is 2.41. The van der Waals surface area contributed by atoms with E-state index in [-0.39, 0.29) is 18.7 Å². The SMILES string of the molecule is O=C1/C(=C\c2cc3c(cc2Br)OCO3)NC(=S)N1C1CC1. The van der Waals surface area contributed by atoms with Crippen molar-refractivity contribution in [1.82, 2.24) is 10.2 Å². The third-order valence-electron chi connectivity index (χ3n) is 3.61. The van der Waals surface area contributed by atoms with Crippen molar-refractivity contribution >= 4 is 45.2 Å². The van der Waals surface area contributed by atoms with Gasteiger partial charge in [0.05, 0.1) is 0 Å². The molecule has 1 aromatic carbocycles. The Hall–Kier alpha value is -1.60. The number of hydrogen-bond donors (Lipinski definition) is 1. The molecule has 7 heteroatoms. The van der Waals surface area contributed by atoms with Crippen LogP contribution in [0.2, 0.25) is 0 Å². The topological polar surface area (TPSA) is 50.8 Å². The lowest BCUT2D eigenvalue weighted by Gasteiger charge is -2.11. The van der Waals surface area contributed by atoms with Crippen molar-refractivity contribution in [3.05, 3.63) is 27.9 Å². The van der Waals surface area contributed by atoms with E-state index in [0.29, 0.717) is 22.3 Å². The molecule has 0 radical (unpaired) electrons. The summed E-state index contributed by atoms with van der Waals surface area (Å²) in [5, 5.41) is 3.49. The van der Waals surface area contributed by atoms with E-state index in [0.717, 1.165) is 22.9 Å². The number of amides is 1. The van der Waals surface area contributed by atoms with Gasteiger partial charge in [0.25, 0.3) is 5.91 Å². The zero-order valence-electron chi connectivity index (χ0n) is 10.9. The molecule has 0 atom stereocenters. The third kappa shape index (κ3) is 2.20. The molecule has 0 bridgehead atoms. The number of carbonyl (C=O) groups excluding carboxylic acids is 1. The molecule has 3 aliphatic rings. The summed E-state index contributed by atoms with van der Waals surface area (Å²) in [6, 6.07) is 3.95. The van der Waals surface area contributed by atoms with Crippen molar-refractivity contribution in [3.63, 3.8) is 0 Å². The van der Waals surface area contributed by atoms with E-state index in [9.17, 15) is 4.79 Å². The van der Waals surface area contributed by atoms with Gasteiger partial charge in [-0.05, 0) is 48.8 Å². The van der Waals surface area contributed by atoms with Gasteiger partial charge in [-0.25, -0.2) is 0 Å². The highest BCUT2D eigenvalue weighted by Gasteiger charge is 2.41. The first-order valence-electron chi connectivity index (χ1n) is 6.59. The summed E-state index contributed by atoms with van der Waals surface area (Å²) in [4.78, 5) is 14.1. The number of nitrogens with one attached hydrogen (secondary N) is 1. The maximum absolute atomic E-state index is 12.4. The Kier molecular flexibility index (Phi) is 2.93. The molecule has 1 saturated carbocycles. The number of hydrogen-bond acceptors (Lipinski definition) is 4. The highest BCUT2D eigenvalue weighted by molar-refractivity contribution is 9.10. The van der Waals surface area contributed by atoms with Gasteiger partial charge < -0.3 is 14.8 Å². The summed E-state index contributed by atoms with van der Waals surface area (Å²) < 4.78 is 11.5. The minimum Gasteiger partial charge on any atom is -0.454 e. The molecule has 2 aliphatic heterocycles. The van der Waals surface area contributed by atoms with Crippen molar-refractivity contribution in [1.29, 1.82) is 0 Å². The van der Waals surface area contributed by atoms with Crippen LogP contribution in [0.5, 0.6) is 11.5 Å². The molecule has 0 spiro atoms. The Morgan fingerprint density at radius 2 is 2.05 bits per heavy atom. The van der Waals surface area contributed by atoms with Crippen LogP contribution in [-0.4, -0.2) is 28.8 Å². The Morgan fingerprint density at radius 3 is 2.76 bits per heavy atom. The molecule has 1 amide bonds. The number of benzene rings is 1. The molecule has 1 aromatic rings. The van der Waals surface area contributed by atoms with E-state index >= 15 is 0 Å². The van der Waals surface area contributed by atoms with Gasteiger partial charge in [0.1, 0.15) is 5.70 Å². The summed E-state index contributed by atoms with van der Waals surface area (Å²) in [6.45, 7) is 0.221. The smallest absolute Gasteiger partial charge is 0.276 e. The van der Waals surface area contributed by atoms with Gasteiger partial charge in [-0.15, -0.1) is 0 Å². The van der Waals surface area contributed by atoms with E-state index < -0.39 is 0 Å². The highest BCUT2D eigenvalue weighted by atomic mass is 79.9. The zero-order valence-corrected chi connectivity index (χ0v) is 13.3. The summed E-state index contributed by atoms with van der Waals surface area (Å²) in [6.07, 6.45) is 3.83. The Morgan fingerprint density at radius 1 is 1.33 bits per heavy atom. The Balaban J connectivity index is 1.69. The third-order valence-corrected chi connectivity index (χ3v) is 4.60. The van der Waals surface area contributed by atoms with E-state index in [1.165, 1.54) is 0 Å². The van der Waals surface area contributed by atoms with Crippen LogP contribution in [0.4, 0.5) is 0 Å². The summed E-state index contributed by atoms with van der Waals surface area (Å²) in [5.41, 5.74) is 1.34. The molecule has 1 aliphatic carbocycles. The second-order valence-corrected chi connectivity index (χ2v) is 6.36. The normalized spacial score (nSPS) is 22.1. The van der Waals surface area contributed by atoms with Crippen LogP contribution in [0.1, 0.15) is 18.4 Å². The summed E-state index contributed by atoms with van der Waals surface area (Å²) in [5.74, 6) is 1.31. The molecule has 2 heterocycles. The van der Waals surface area contributed by atoms with Crippen molar-refractivity contribution in [2.75, 3.05) is 6.79 Å². The number of carbonyl (C=O) groups is 1. The van der Waals surface area contributed by atoms with Crippen molar-refractivity contribution < 1.29 is 14.3 Å². The number of fused-ring (bicyclic) bond motifs is 1. The lowest BCUT2D eigenvalue weighted by Crippen LogP contribution is -2.32. The van der Waals surface area contributed by atoms with Crippen molar-refractivity contribution in [2.45, 2.75) is 18.9 Å². The molecule has 0 aromatic heterocycles. The second kappa shape index (κ2) is 4.71. The van der Waals surface area contributed by atoms with Crippen LogP contribution in [0.15, 0.2) is 22.3 Å². The predicted molar refractivity (Wildman–Crippen MR) is 83.8 cm³/mol. The van der Waals surface area contributed by atoms with Crippen LogP contribution in [0, 0.1) is 0 Å². The largest absolute Gasteiger partial charge is 0.454 e. The maximum atomic E-state index is 12.4. The molecule has 2 fully saturated rings. The molecule has 4 rings (SSSR count). The first kappa shape index (κ1) is 13.1. The highest BCUT2D eigenvalue weighted by Crippen LogP contribution is 2.38. The van der Waals surface area contributed by atoms with Crippen LogP contribution in [-0.2, 0) is 4.79 Å². The van der Waals surface area contributed by atoms with Gasteiger partial charge >= 0.3 is 0 Å². The lowest BCUT2D eigenvalue weighted by molar-refractivity contribution is -0.122. The van der Waals surface area contributed by atoms with Gasteiger partial charge in [0.15, 0.2) is 16.6 Å². The van der Waals surface area contributed by atoms with Gasteiger partial charge in [-0.1, -0.05) is 15.9 Å². The molecule has 21 heavy (non-hydrogen) atoms. The number of halogens is 1. The number of ether oxygens (including phenoxy) is 2. The van der Waals surface area contributed by atoms with Gasteiger partial charge in [0.2, 0.25) is 6.79 Å². The van der Waals surface area contributed by atoms with E-state index in [1.807, 2.05) is 12.1 Å². The monoisotopic (exact) mass is 366 g/mol. The molecule has 5 nitrogen and oxygen atoms in total. The standard InChI is InChI=1S/C14H11BrN2O3S/c15-9-5-12-11(19-6-20-12)4-7(9)3-10-13(18)17(8-1-2-8)14(21)16-10/h3-5,8H,1-2,6H2,(H,16,21)/b10-3+. The Labute approximate surface area is 135 Å². The van der Waals surface area contributed by atoms with Gasteiger partial charge in [-0.2, -0.15) is 0 Å². The van der Waals surface area contributed by atoms with E-state index in [4.69, 9.17) is 21.7 Å². The number of nitrogens with zero attached hydrogens (tertiary/aromatic N) is 1. The fraction of sp³-hybridized carbons (Fsp3) is 0.286. The Bertz CT molecular complexity index is 700. The zero-order chi connectivity index (χ0) is 14.6. The van der Waals surface area contributed by atoms with E-state index in [2.05, 4.69) is 21.2 Å². The average Bonchev–Trinajstić information content (AvgIpc) is 3.10. The molecule has 108 valence electrons. The molecular formula is C14H11BrN2O3S. The van der Waals surface area contributed by atoms with Gasteiger partial charge in [0, 0.05) is 10.5 Å². The van der Waals surface area contributed by atoms with Gasteiger partial charge in [-0.3, -0.25) is 9.69 Å². The van der Waals surface area contributed by atoms with Crippen LogP contribution >= 0.6 is 28.1 Å². The summed E-state index contributed by atoms with van der Waals surface area (Å²) in [7, 11) is 0. The number of rotatable bonds is 2. The molecule has 1 N–H and O–H groups in total. The predicted octanol–water partition coefficient (Wildman–Crippen LogP) is 2.40.